The highest BCUT2D eigenvalue weighted by Gasteiger charge is 2.41. The summed E-state index contributed by atoms with van der Waals surface area (Å²) >= 11 is 0. The lowest BCUT2D eigenvalue weighted by Gasteiger charge is -2.39. The van der Waals surface area contributed by atoms with Gasteiger partial charge in [0, 0.05) is 19.0 Å². The molecular weight excluding hydrogens is 367 g/mol. The minimum absolute atomic E-state index is 0.0204. The molecule has 1 N–H and O–H groups in total. The normalized spacial score (nSPS) is 21.6. The highest BCUT2D eigenvalue weighted by molar-refractivity contribution is 5.84. The summed E-state index contributed by atoms with van der Waals surface area (Å²) < 4.78 is 13.3. The van der Waals surface area contributed by atoms with Crippen molar-refractivity contribution in [1.82, 2.24) is 10.2 Å². The maximum Gasteiger partial charge on any atom is 0.226 e. The van der Waals surface area contributed by atoms with Crippen LogP contribution in [0.1, 0.15) is 42.9 Å². The van der Waals surface area contributed by atoms with Gasteiger partial charge in [0.15, 0.2) is 0 Å². The number of carbonyl (C=O) groups excluding carboxylic acids is 2. The molecule has 0 spiro atoms. The summed E-state index contributed by atoms with van der Waals surface area (Å²) in [6.07, 6.45) is 4.11. The number of hydrogen-bond donors (Lipinski definition) is 1. The molecule has 2 aromatic carbocycles. The molecule has 0 radical (unpaired) electrons. The van der Waals surface area contributed by atoms with Crippen molar-refractivity contribution in [3.05, 3.63) is 71.5 Å². The second-order valence-corrected chi connectivity index (χ2v) is 8.13. The van der Waals surface area contributed by atoms with Gasteiger partial charge in [-0.3, -0.25) is 9.59 Å². The molecule has 4 rings (SSSR count). The third kappa shape index (κ3) is 4.84. The van der Waals surface area contributed by atoms with Crippen LogP contribution in [0.15, 0.2) is 54.6 Å². The third-order valence-electron chi connectivity index (χ3n) is 5.97. The standard InChI is InChI=1S/C24H27FN2O2/c25-21-11-8-18(9-12-21)22-13-10-20(16-27(22)24(29)19-6-7-19)23(28)26-15-14-17-4-2-1-3-5-17/h1-5,8-9,11-12,19-20,22H,6-7,10,13-16H2,(H,26,28). The van der Waals surface area contributed by atoms with Crippen LogP contribution in [0.25, 0.3) is 0 Å². The predicted molar refractivity (Wildman–Crippen MR) is 109 cm³/mol. The van der Waals surface area contributed by atoms with E-state index in [1.54, 1.807) is 12.1 Å². The number of nitrogens with one attached hydrogen (secondary N) is 1. The highest BCUT2D eigenvalue weighted by atomic mass is 19.1. The summed E-state index contributed by atoms with van der Waals surface area (Å²) in [5.74, 6) is -0.212. The molecule has 2 aromatic rings. The van der Waals surface area contributed by atoms with Crippen molar-refractivity contribution in [2.75, 3.05) is 13.1 Å². The molecule has 2 atom stereocenters. The van der Waals surface area contributed by atoms with Crippen molar-refractivity contribution < 1.29 is 14.0 Å². The van der Waals surface area contributed by atoms with E-state index in [0.29, 0.717) is 13.1 Å². The molecule has 1 aliphatic heterocycles. The van der Waals surface area contributed by atoms with Crippen LogP contribution in [0, 0.1) is 17.7 Å². The van der Waals surface area contributed by atoms with Gasteiger partial charge in [0.25, 0.3) is 0 Å². The zero-order valence-corrected chi connectivity index (χ0v) is 16.5. The fourth-order valence-electron chi connectivity index (χ4n) is 4.14. The molecule has 1 saturated carbocycles. The van der Waals surface area contributed by atoms with Crippen LogP contribution >= 0.6 is 0 Å². The van der Waals surface area contributed by atoms with Gasteiger partial charge in [-0.25, -0.2) is 4.39 Å². The minimum atomic E-state index is -0.278. The molecule has 4 nitrogen and oxygen atoms in total. The molecule has 1 heterocycles. The largest absolute Gasteiger partial charge is 0.355 e. The summed E-state index contributed by atoms with van der Waals surface area (Å²) in [5, 5.41) is 3.04. The first-order valence-electron chi connectivity index (χ1n) is 10.5. The van der Waals surface area contributed by atoms with Crippen LogP contribution in [0.3, 0.4) is 0 Å². The Morgan fingerprint density at radius 3 is 2.31 bits per heavy atom. The zero-order chi connectivity index (χ0) is 20.2. The first-order chi connectivity index (χ1) is 14.1. The maximum absolute atomic E-state index is 13.3. The summed E-state index contributed by atoms with van der Waals surface area (Å²) in [4.78, 5) is 27.5. The number of nitrogens with zero attached hydrogens (tertiary/aromatic N) is 1. The molecule has 0 bridgehead atoms. The number of likely N-dealkylation sites (tertiary alicyclic amines) is 1. The van der Waals surface area contributed by atoms with Crippen molar-refractivity contribution in [2.24, 2.45) is 11.8 Å². The van der Waals surface area contributed by atoms with Gasteiger partial charge in [-0.15, -0.1) is 0 Å². The molecule has 29 heavy (non-hydrogen) atoms. The average molecular weight is 394 g/mol. The molecule has 5 heteroatoms. The molecule has 2 fully saturated rings. The minimum Gasteiger partial charge on any atom is -0.355 e. The van der Waals surface area contributed by atoms with Crippen LogP contribution in [-0.2, 0) is 16.0 Å². The molecule has 1 aliphatic carbocycles. The number of hydrogen-bond acceptors (Lipinski definition) is 2. The lowest BCUT2D eigenvalue weighted by Crippen LogP contribution is -2.47. The van der Waals surface area contributed by atoms with Gasteiger partial charge in [0.2, 0.25) is 11.8 Å². The lowest BCUT2D eigenvalue weighted by molar-refractivity contribution is -0.140. The van der Waals surface area contributed by atoms with Crippen molar-refractivity contribution in [1.29, 1.82) is 0 Å². The summed E-state index contributed by atoms with van der Waals surface area (Å²) in [6, 6.07) is 16.4. The molecular formula is C24H27FN2O2. The van der Waals surface area contributed by atoms with E-state index in [9.17, 15) is 14.0 Å². The van der Waals surface area contributed by atoms with Crippen LogP contribution in [0.5, 0.6) is 0 Å². The van der Waals surface area contributed by atoms with E-state index in [1.807, 2.05) is 23.1 Å². The average Bonchev–Trinajstić information content (AvgIpc) is 3.59. The fraction of sp³-hybridized carbons (Fsp3) is 0.417. The van der Waals surface area contributed by atoms with Gasteiger partial charge in [0.1, 0.15) is 5.82 Å². The third-order valence-corrected chi connectivity index (χ3v) is 5.97. The molecule has 2 aliphatic rings. The Morgan fingerprint density at radius 2 is 1.62 bits per heavy atom. The number of carbonyl (C=O) groups is 2. The monoisotopic (exact) mass is 394 g/mol. The van der Waals surface area contributed by atoms with E-state index >= 15 is 0 Å². The van der Waals surface area contributed by atoms with E-state index in [1.165, 1.54) is 17.7 Å². The molecule has 0 aromatic heterocycles. The highest BCUT2D eigenvalue weighted by Crippen LogP contribution is 2.39. The smallest absolute Gasteiger partial charge is 0.226 e. The van der Waals surface area contributed by atoms with Crippen LogP contribution in [0.4, 0.5) is 4.39 Å². The Hall–Kier alpha value is -2.69. The quantitative estimate of drug-likeness (QED) is 0.809. The molecule has 2 unspecified atom stereocenters. The first-order valence-corrected chi connectivity index (χ1v) is 10.5. The van der Waals surface area contributed by atoms with Crippen LogP contribution < -0.4 is 5.32 Å². The van der Waals surface area contributed by atoms with E-state index in [4.69, 9.17) is 0 Å². The van der Waals surface area contributed by atoms with Crippen LogP contribution in [-0.4, -0.2) is 29.8 Å². The summed E-state index contributed by atoms with van der Waals surface area (Å²) in [7, 11) is 0. The zero-order valence-electron chi connectivity index (χ0n) is 16.5. The predicted octanol–water partition coefficient (Wildman–Crippen LogP) is 3.87. The van der Waals surface area contributed by atoms with Crippen molar-refractivity contribution in [2.45, 2.75) is 38.1 Å². The number of rotatable bonds is 6. The number of amides is 2. The molecule has 2 amide bonds. The molecule has 1 saturated heterocycles. The van der Waals surface area contributed by atoms with Gasteiger partial charge >= 0.3 is 0 Å². The lowest BCUT2D eigenvalue weighted by atomic mass is 9.88. The number of benzene rings is 2. The Morgan fingerprint density at radius 1 is 0.931 bits per heavy atom. The van der Waals surface area contributed by atoms with Gasteiger partial charge in [-0.1, -0.05) is 42.5 Å². The molecule has 152 valence electrons. The topological polar surface area (TPSA) is 49.4 Å². The first kappa shape index (κ1) is 19.6. The van der Waals surface area contributed by atoms with E-state index < -0.39 is 0 Å². The Bertz CT molecular complexity index is 849. The van der Waals surface area contributed by atoms with E-state index in [0.717, 1.165) is 37.7 Å². The Balaban J connectivity index is 1.39. The second-order valence-electron chi connectivity index (χ2n) is 8.13. The number of piperidine rings is 1. The fourth-order valence-corrected chi connectivity index (χ4v) is 4.14. The van der Waals surface area contributed by atoms with Crippen molar-refractivity contribution in [3.63, 3.8) is 0 Å². The van der Waals surface area contributed by atoms with Crippen LogP contribution in [0.2, 0.25) is 0 Å². The summed E-state index contributed by atoms with van der Waals surface area (Å²) in [5.41, 5.74) is 2.14. The second kappa shape index (κ2) is 8.76. The van der Waals surface area contributed by atoms with Gasteiger partial charge in [-0.05, 0) is 55.4 Å². The van der Waals surface area contributed by atoms with Crippen molar-refractivity contribution >= 4 is 11.8 Å². The summed E-state index contributed by atoms with van der Waals surface area (Å²) in [6.45, 7) is 1.03. The van der Waals surface area contributed by atoms with Gasteiger partial charge in [-0.2, -0.15) is 0 Å². The maximum atomic E-state index is 13.3. The van der Waals surface area contributed by atoms with E-state index in [-0.39, 0.29) is 35.5 Å². The Labute approximate surface area is 171 Å². The Kier molecular flexibility index (Phi) is 5.93. The van der Waals surface area contributed by atoms with Crippen molar-refractivity contribution in [3.8, 4) is 0 Å². The van der Waals surface area contributed by atoms with Gasteiger partial charge in [0.05, 0.1) is 12.0 Å². The SMILES string of the molecule is O=C(NCCc1ccccc1)C1CCC(c2ccc(F)cc2)N(C(=O)C2CC2)C1. The van der Waals surface area contributed by atoms with Gasteiger partial charge < -0.3 is 10.2 Å². The van der Waals surface area contributed by atoms with E-state index in [2.05, 4.69) is 17.4 Å². The number of halogens is 1.